The highest BCUT2D eigenvalue weighted by Crippen LogP contribution is 2.52. The number of aliphatic hydroxyl groups is 14. The minimum atomic E-state index is -1.19. The first-order chi connectivity index (χ1) is 53.9. The van der Waals surface area contributed by atoms with Gasteiger partial charge in [0.15, 0.2) is 0 Å². The monoisotopic (exact) mass is 1650 g/mol. The molecule has 5 amide bonds. The van der Waals surface area contributed by atoms with E-state index >= 15 is 0 Å². The molecule has 0 spiro atoms. The fourth-order valence-electron chi connectivity index (χ4n) is 12.4. The van der Waals surface area contributed by atoms with Crippen molar-refractivity contribution in [2.75, 3.05) is 197 Å². The van der Waals surface area contributed by atoms with E-state index in [1.807, 2.05) is 0 Å². The highest BCUT2D eigenvalue weighted by atomic mass is 16.4. The smallest absolute Gasteiger partial charge is 0.336 e. The zero-order valence-electron chi connectivity index (χ0n) is 66.1. The summed E-state index contributed by atoms with van der Waals surface area (Å²) < 4.78 is 0. The normalized spacial score (nSPS) is 13.9. The summed E-state index contributed by atoms with van der Waals surface area (Å²) in [5, 5.41) is 184. The van der Waals surface area contributed by atoms with E-state index < -0.39 is 63.9 Å². The Labute approximate surface area is 664 Å². The molecule has 3 saturated carbocycles. The molecule has 0 bridgehead atoms. The number of aliphatic carboxylic acids is 6. The second kappa shape index (κ2) is 64.4. The third-order valence-electron chi connectivity index (χ3n) is 18.7. The number of rotatable bonds is 51. The maximum Gasteiger partial charge on any atom is 0.336 e. The topological polar surface area (TPSA) is 652 Å². The Morgan fingerprint density at radius 3 is 0.860 bits per heavy atom. The number of benzene rings is 1. The molecule has 3 aliphatic carbocycles. The Morgan fingerprint density at radius 1 is 0.307 bits per heavy atom. The van der Waals surface area contributed by atoms with Crippen molar-refractivity contribution in [3.05, 3.63) is 35.4 Å². The van der Waals surface area contributed by atoms with E-state index in [0.717, 1.165) is 70.6 Å². The lowest BCUT2D eigenvalue weighted by molar-refractivity contribution is -0.148. The van der Waals surface area contributed by atoms with Crippen LogP contribution in [0.25, 0.3) is 0 Å². The van der Waals surface area contributed by atoms with E-state index in [1.54, 1.807) is 24.8 Å². The van der Waals surface area contributed by atoms with Gasteiger partial charge in [0.05, 0.1) is 141 Å². The van der Waals surface area contributed by atoms with Gasteiger partial charge in [0.25, 0.3) is 5.91 Å². The van der Waals surface area contributed by atoms with Crippen LogP contribution in [0.2, 0.25) is 0 Å². The molecule has 3 aliphatic rings. The predicted molar refractivity (Wildman–Crippen MR) is 407 cm³/mol. The van der Waals surface area contributed by atoms with E-state index in [4.69, 9.17) is 107 Å². The van der Waals surface area contributed by atoms with Crippen LogP contribution in [0.3, 0.4) is 0 Å². The molecule has 4 rings (SSSR count). The number of carbonyl (C=O) groups excluding carboxylic acids is 5. The van der Waals surface area contributed by atoms with Crippen LogP contribution in [0.15, 0.2) is 24.3 Å². The summed E-state index contributed by atoms with van der Waals surface area (Å²) in [4.78, 5) is 145. The van der Waals surface area contributed by atoms with Crippen molar-refractivity contribution in [3.8, 4) is 0 Å². The molecule has 660 valence electrons. The highest BCUT2D eigenvalue weighted by molar-refractivity contribution is 6.04. The first-order valence-corrected chi connectivity index (χ1v) is 38.0. The number of amides is 5. The molecule has 0 unspecified atom stereocenters. The summed E-state index contributed by atoms with van der Waals surface area (Å²) in [5.41, 5.74) is -2.27. The Morgan fingerprint density at radius 2 is 0.588 bits per heavy atom. The van der Waals surface area contributed by atoms with E-state index in [2.05, 4.69) is 0 Å². The average Bonchev–Trinajstić information content (AvgIpc) is 1.63. The van der Waals surface area contributed by atoms with E-state index in [0.29, 0.717) is 19.6 Å². The van der Waals surface area contributed by atoms with Crippen LogP contribution in [0, 0.1) is 21.7 Å². The maximum atomic E-state index is 12.3. The number of aliphatic hydroxyl groups excluding tert-OH is 14. The molecule has 1 aromatic carbocycles. The van der Waals surface area contributed by atoms with Gasteiger partial charge in [0.1, 0.15) is 0 Å². The number of carboxylic acids is 7. The third kappa shape index (κ3) is 50.5. The van der Waals surface area contributed by atoms with Gasteiger partial charge in [-0.05, 0) is 87.2 Å². The lowest BCUT2D eigenvalue weighted by Crippen LogP contribution is -2.40. The van der Waals surface area contributed by atoms with Crippen LogP contribution in [0.1, 0.15) is 163 Å². The number of nitrogens with zero attached hydrogens (tertiary/aromatic N) is 7. The van der Waals surface area contributed by atoms with E-state index in [-0.39, 0.29) is 276 Å². The van der Waals surface area contributed by atoms with Gasteiger partial charge in [-0.1, -0.05) is 44.2 Å². The molecular weight excluding hydrogens is 1510 g/mol. The molecule has 3 fully saturated rings. The fraction of sp³-hybridized carbons (Fsp3) is 0.757. The number of hydrogen-bond acceptors (Lipinski definition) is 28. The summed E-state index contributed by atoms with van der Waals surface area (Å²) >= 11 is 0. The van der Waals surface area contributed by atoms with Crippen LogP contribution < -0.4 is 0 Å². The van der Waals surface area contributed by atoms with Gasteiger partial charge in [0.2, 0.25) is 23.6 Å². The number of carboxylic acid groups (broad SMARTS) is 7. The largest absolute Gasteiger partial charge is 0.481 e. The predicted octanol–water partition coefficient (Wildman–Crippen LogP) is -3.11. The highest BCUT2D eigenvalue weighted by Gasteiger charge is 2.47. The zero-order chi connectivity index (χ0) is 87.3. The van der Waals surface area contributed by atoms with Crippen LogP contribution in [-0.4, -0.2) is 410 Å². The first kappa shape index (κ1) is 110. The minimum Gasteiger partial charge on any atom is -0.481 e. The molecule has 40 nitrogen and oxygen atoms in total. The van der Waals surface area contributed by atoms with Crippen molar-refractivity contribution in [1.29, 1.82) is 0 Å². The van der Waals surface area contributed by atoms with Crippen molar-refractivity contribution in [2.24, 2.45) is 21.7 Å². The standard InChI is InChI=1S/C14H25NO5.C13H23NO5.C12H15NO5.C11H19NO5.C11H21NO5.C7H15NO4.C6H13NO4/c16-8-6-15(7-9-17)12(18)10-14(11-13(19)20)4-2-1-3-5-14;15-7-5-14(6-8-16)11(17)9-13(10-12(18)19)3-1-2-4-13;14-7-5-13(6-8-15)11(16)9-3-1-2-4-10(9)12(17)18;13-5-3-12(4-6-14)9(15)7-11(1-2-11)8-10(16)17;1-11(2,10(16)17)4-3-9(15)12(5-7-13)6-8-14;9-5-3-8(4-6-10)2-1-7(11)12;8-3-1-7(2-4-9)5-6(10)11/h16-17H,1-11H2,(H,19,20);15-16H,1-10H2,(H,18,19);1-4,14-15H,5-8H2,(H,17,18);13-14H,1-8H2,(H,16,17);13-14H,3-8H2,1-2H3,(H,16,17);9-10H,1-6H2,(H,11,12);8-9H,1-5H2,(H,10,11). The Kier molecular flexibility index (Phi) is 62.3. The van der Waals surface area contributed by atoms with E-state index in [1.165, 1.54) is 47.6 Å². The van der Waals surface area contributed by atoms with Crippen molar-refractivity contribution in [3.63, 3.8) is 0 Å². The second-order valence-corrected chi connectivity index (χ2v) is 28.2. The summed E-state index contributed by atoms with van der Waals surface area (Å²) in [5.74, 6) is -7.86. The lowest BCUT2D eigenvalue weighted by atomic mass is 9.69. The third-order valence-corrected chi connectivity index (χ3v) is 18.7. The second-order valence-electron chi connectivity index (χ2n) is 28.2. The van der Waals surface area contributed by atoms with Gasteiger partial charge in [-0.3, -0.25) is 62.5 Å². The van der Waals surface area contributed by atoms with Gasteiger partial charge in [-0.25, -0.2) is 4.79 Å². The van der Waals surface area contributed by atoms with Gasteiger partial charge in [-0.15, -0.1) is 0 Å². The maximum absolute atomic E-state index is 12.3. The van der Waals surface area contributed by atoms with Crippen molar-refractivity contribution in [2.45, 2.75) is 142 Å². The quantitative estimate of drug-likeness (QED) is 0.0307. The number of hydrogen-bond donors (Lipinski definition) is 21. The summed E-state index contributed by atoms with van der Waals surface area (Å²) in [7, 11) is 0. The van der Waals surface area contributed by atoms with Gasteiger partial charge < -0.3 is 132 Å². The Bertz CT molecular complexity index is 2860. The van der Waals surface area contributed by atoms with E-state index in [9.17, 15) is 57.5 Å². The number of aromatic carboxylic acids is 1. The van der Waals surface area contributed by atoms with Crippen molar-refractivity contribution in [1.82, 2.24) is 34.3 Å². The van der Waals surface area contributed by atoms with Gasteiger partial charge >= 0.3 is 41.8 Å². The summed E-state index contributed by atoms with van der Waals surface area (Å²) in [6.45, 7) is 4.28. The summed E-state index contributed by atoms with van der Waals surface area (Å²) in [6, 6.07) is 5.84. The van der Waals surface area contributed by atoms with Gasteiger partial charge in [-0.2, -0.15) is 0 Å². The SMILES string of the molecule is CC(C)(CCC(=O)N(CCO)CCO)C(=O)O.O=C(O)CC1(CC(=O)N(CCO)CCO)CC1.O=C(O)CC1(CC(=O)N(CCO)CCO)CCCC1.O=C(O)CC1(CC(=O)N(CCO)CCO)CCCCC1.O=C(O)CCN(CCO)CCO.O=C(O)CN(CCO)CCO.O=C(O)c1ccccc1C(=O)N(CCO)CCO. The van der Waals surface area contributed by atoms with Crippen LogP contribution >= 0.6 is 0 Å². The Balaban J connectivity index is -0.00000127. The molecule has 40 heteroatoms. The average molecular weight is 1650 g/mol. The molecule has 0 saturated heterocycles. The molecule has 0 aliphatic heterocycles. The van der Waals surface area contributed by atoms with Gasteiger partial charge in [0, 0.05) is 124 Å². The Hall–Kier alpha value is -7.78. The molecule has 0 radical (unpaired) electrons. The fourth-order valence-corrected chi connectivity index (χ4v) is 12.4. The molecular formula is C74H131N7O33. The minimum absolute atomic E-state index is 0.0143. The molecule has 0 atom stereocenters. The molecule has 0 heterocycles. The van der Waals surface area contributed by atoms with Crippen LogP contribution in [0.4, 0.5) is 0 Å². The molecule has 114 heavy (non-hydrogen) atoms. The summed E-state index contributed by atoms with van der Waals surface area (Å²) in [6.07, 6.45) is 10.5. The molecule has 0 aromatic heterocycles. The molecule has 21 N–H and O–H groups in total. The van der Waals surface area contributed by atoms with Crippen LogP contribution in [-0.2, 0) is 47.9 Å². The van der Waals surface area contributed by atoms with Crippen LogP contribution in [0.5, 0.6) is 0 Å². The number of carbonyl (C=O) groups is 12. The lowest BCUT2D eigenvalue weighted by Gasteiger charge is -2.37. The van der Waals surface area contributed by atoms with Crippen molar-refractivity contribution < 1.29 is 165 Å². The first-order valence-electron chi connectivity index (χ1n) is 38.0. The van der Waals surface area contributed by atoms with Crippen molar-refractivity contribution >= 4 is 71.3 Å². The molecule has 1 aromatic rings. The zero-order valence-corrected chi connectivity index (χ0v) is 66.1.